The molecule has 0 saturated heterocycles. The van der Waals surface area contributed by atoms with Crippen LogP contribution in [-0.4, -0.2) is 20.9 Å². The number of sulfonamides is 1. The van der Waals surface area contributed by atoms with Crippen LogP contribution in [0.2, 0.25) is 0 Å². The first kappa shape index (κ1) is 20.3. The second kappa shape index (κ2) is 8.74. The number of hydrogen-bond acceptors (Lipinski definition) is 4. The molecule has 6 nitrogen and oxygen atoms in total. The maximum atomic E-state index is 13.4. The predicted octanol–water partition coefficient (Wildman–Crippen LogP) is 4.28. The molecule has 3 aromatic rings. The van der Waals surface area contributed by atoms with Crippen molar-refractivity contribution in [2.75, 3.05) is 16.6 Å². The Balaban J connectivity index is 1.92. The number of anilines is 2. The molecule has 150 valence electrons. The van der Waals surface area contributed by atoms with Gasteiger partial charge in [-0.2, -0.15) is 0 Å². The molecule has 1 amide bonds. The Hall–Kier alpha value is -3.39. The van der Waals surface area contributed by atoms with Crippen LogP contribution in [0.5, 0.6) is 5.75 Å². The number of ether oxygens (including phenoxy) is 1. The second-order valence-corrected chi connectivity index (χ2v) is 7.71. The van der Waals surface area contributed by atoms with Crippen LogP contribution >= 0.6 is 0 Å². The summed E-state index contributed by atoms with van der Waals surface area (Å²) in [5, 5.41) is 2.68. The number of benzene rings is 3. The van der Waals surface area contributed by atoms with Gasteiger partial charge in [0.1, 0.15) is 11.6 Å². The molecular formula is C21H19FN2O4S. The van der Waals surface area contributed by atoms with E-state index in [0.29, 0.717) is 17.9 Å². The lowest BCUT2D eigenvalue weighted by Crippen LogP contribution is -2.16. The largest absolute Gasteiger partial charge is 0.492 e. The minimum absolute atomic E-state index is 0.0914. The molecule has 0 aliphatic heterocycles. The zero-order chi connectivity index (χ0) is 20.9. The summed E-state index contributed by atoms with van der Waals surface area (Å²) in [5.41, 5.74) is 0.720. The molecule has 0 radical (unpaired) electrons. The van der Waals surface area contributed by atoms with E-state index in [0.717, 1.165) is 6.07 Å². The first-order valence-corrected chi connectivity index (χ1v) is 10.3. The van der Waals surface area contributed by atoms with Crippen molar-refractivity contribution in [1.29, 1.82) is 0 Å². The molecule has 0 aliphatic carbocycles. The first-order valence-electron chi connectivity index (χ1n) is 8.80. The van der Waals surface area contributed by atoms with Crippen molar-refractivity contribution in [3.05, 3.63) is 84.2 Å². The van der Waals surface area contributed by atoms with Gasteiger partial charge in [-0.25, -0.2) is 12.8 Å². The topological polar surface area (TPSA) is 84.5 Å². The molecule has 8 heteroatoms. The highest BCUT2D eigenvalue weighted by Crippen LogP contribution is 2.29. The van der Waals surface area contributed by atoms with Crippen molar-refractivity contribution in [3.8, 4) is 5.75 Å². The number of amides is 1. The van der Waals surface area contributed by atoms with Crippen LogP contribution in [0.4, 0.5) is 15.8 Å². The van der Waals surface area contributed by atoms with Gasteiger partial charge in [-0.05, 0) is 55.5 Å². The van der Waals surface area contributed by atoms with E-state index in [9.17, 15) is 17.6 Å². The van der Waals surface area contributed by atoms with Gasteiger partial charge in [-0.15, -0.1) is 0 Å². The summed E-state index contributed by atoms with van der Waals surface area (Å²) in [6, 6.07) is 17.8. The van der Waals surface area contributed by atoms with E-state index < -0.39 is 21.7 Å². The highest BCUT2D eigenvalue weighted by atomic mass is 32.2. The van der Waals surface area contributed by atoms with E-state index >= 15 is 0 Å². The van der Waals surface area contributed by atoms with Gasteiger partial charge >= 0.3 is 0 Å². The summed E-state index contributed by atoms with van der Waals surface area (Å²) in [5.74, 6) is -0.631. The Bertz CT molecular complexity index is 1120. The number of hydrogen-bond donors (Lipinski definition) is 2. The van der Waals surface area contributed by atoms with Crippen molar-refractivity contribution < 1.29 is 22.3 Å². The molecule has 0 atom stereocenters. The summed E-state index contributed by atoms with van der Waals surface area (Å²) in [6.07, 6.45) is 0. The normalized spacial score (nSPS) is 11.0. The lowest BCUT2D eigenvalue weighted by atomic mass is 10.2. The maximum Gasteiger partial charge on any atom is 0.261 e. The third kappa shape index (κ3) is 5.11. The minimum atomic E-state index is -4.01. The number of halogens is 1. The number of carbonyl (C=O) groups excluding carboxylic acids is 1. The van der Waals surface area contributed by atoms with Crippen molar-refractivity contribution in [2.24, 2.45) is 0 Å². The minimum Gasteiger partial charge on any atom is -0.492 e. The standard InChI is InChI=1S/C21H19FN2O4S/c1-2-28-20-12-11-18(29(26,27)24-17-10-6-9-16(22)13-17)14-19(20)23-21(25)15-7-4-3-5-8-15/h3-14,24H,2H2,1H3,(H,23,25). The summed E-state index contributed by atoms with van der Waals surface area (Å²) in [6.45, 7) is 2.11. The molecule has 0 fully saturated rings. The average Bonchev–Trinajstić information content (AvgIpc) is 2.69. The smallest absolute Gasteiger partial charge is 0.261 e. The Morgan fingerprint density at radius 3 is 2.45 bits per heavy atom. The van der Waals surface area contributed by atoms with E-state index in [1.165, 1.54) is 36.4 Å². The molecule has 3 aromatic carbocycles. The summed E-state index contributed by atoms with van der Waals surface area (Å²) < 4.78 is 46.6. The van der Waals surface area contributed by atoms with E-state index in [1.54, 1.807) is 37.3 Å². The Kier molecular flexibility index (Phi) is 6.13. The number of carbonyl (C=O) groups is 1. The third-order valence-electron chi connectivity index (χ3n) is 3.92. The molecule has 0 aromatic heterocycles. The van der Waals surface area contributed by atoms with Gasteiger partial charge in [0.05, 0.1) is 22.9 Å². The van der Waals surface area contributed by atoms with Crippen molar-refractivity contribution >= 4 is 27.3 Å². The monoisotopic (exact) mass is 414 g/mol. The molecule has 0 spiro atoms. The van der Waals surface area contributed by atoms with Gasteiger partial charge < -0.3 is 10.1 Å². The van der Waals surface area contributed by atoms with Crippen LogP contribution in [-0.2, 0) is 10.0 Å². The van der Waals surface area contributed by atoms with Crippen molar-refractivity contribution in [3.63, 3.8) is 0 Å². The maximum absolute atomic E-state index is 13.4. The highest BCUT2D eigenvalue weighted by Gasteiger charge is 2.18. The second-order valence-electron chi connectivity index (χ2n) is 6.03. The Morgan fingerprint density at radius 1 is 1.00 bits per heavy atom. The van der Waals surface area contributed by atoms with E-state index in [1.807, 2.05) is 0 Å². The fourth-order valence-corrected chi connectivity index (χ4v) is 3.68. The average molecular weight is 414 g/mol. The highest BCUT2D eigenvalue weighted by molar-refractivity contribution is 7.92. The van der Waals surface area contributed by atoms with Crippen LogP contribution in [0, 0.1) is 5.82 Å². The summed E-state index contributed by atoms with van der Waals surface area (Å²) in [4.78, 5) is 12.4. The van der Waals surface area contributed by atoms with Crippen molar-refractivity contribution in [1.82, 2.24) is 0 Å². The lowest BCUT2D eigenvalue weighted by molar-refractivity contribution is 0.102. The molecule has 2 N–H and O–H groups in total. The fourth-order valence-electron chi connectivity index (χ4n) is 2.61. The fraction of sp³-hybridized carbons (Fsp3) is 0.0952. The quantitative estimate of drug-likeness (QED) is 0.604. The van der Waals surface area contributed by atoms with Crippen LogP contribution in [0.3, 0.4) is 0 Å². The van der Waals surface area contributed by atoms with Gasteiger partial charge in [0.2, 0.25) is 0 Å². The van der Waals surface area contributed by atoms with Crippen LogP contribution in [0.15, 0.2) is 77.7 Å². The molecular weight excluding hydrogens is 395 g/mol. The molecule has 0 aliphatic rings. The van der Waals surface area contributed by atoms with Crippen LogP contribution in [0.1, 0.15) is 17.3 Å². The van der Waals surface area contributed by atoms with Gasteiger partial charge in [0.25, 0.3) is 15.9 Å². The number of rotatable bonds is 7. The van der Waals surface area contributed by atoms with Crippen LogP contribution in [0.25, 0.3) is 0 Å². The van der Waals surface area contributed by atoms with Gasteiger partial charge in [-0.3, -0.25) is 9.52 Å². The Morgan fingerprint density at radius 2 is 1.76 bits per heavy atom. The van der Waals surface area contributed by atoms with Gasteiger partial charge in [0, 0.05) is 5.56 Å². The van der Waals surface area contributed by atoms with E-state index in [4.69, 9.17) is 4.74 Å². The summed E-state index contributed by atoms with van der Waals surface area (Å²) >= 11 is 0. The van der Waals surface area contributed by atoms with Crippen molar-refractivity contribution in [2.45, 2.75) is 11.8 Å². The van der Waals surface area contributed by atoms with Gasteiger partial charge in [-0.1, -0.05) is 24.3 Å². The zero-order valence-electron chi connectivity index (χ0n) is 15.6. The molecule has 0 bridgehead atoms. The third-order valence-corrected chi connectivity index (χ3v) is 5.30. The predicted molar refractivity (Wildman–Crippen MR) is 109 cm³/mol. The molecule has 0 heterocycles. The zero-order valence-corrected chi connectivity index (χ0v) is 16.4. The van der Waals surface area contributed by atoms with E-state index in [-0.39, 0.29) is 16.3 Å². The Labute approximate surface area is 168 Å². The number of nitrogens with one attached hydrogen (secondary N) is 2. The van der Waals surface area contributed by atoms with E-state index in [2.05, 4.69) is 10.0 Å². The SMILES string of the molecule is CCOc1ccc(S(=O)(=O)Nc2cccc(F)c2)cc1NC(=O)c1ccccc1. The lowest BCUT2D eigenvalue weighted by Gasteiger charge is -2.14. The molecule has 0 unspecified atom stereocenters. The first-order chi connectivity index (χ1) is 13.9. The molecule has 3 rings (SSSR count). The molecule has 29 heavy (non-hydrogen) atoms. The summed E-state index contributed by atoms with van der Waals surface area (Å²) in [7, 11) is -4.01. The van der Waals surface area contributed by atoms with Gasteiger partial charge in [0.15, 0.2) is 0 Å². The molecule has 0 saturated carbocycles. The van der Waals surface area contributed by atoms with Crippen LogP contribution < -0.4 is 14.8 Å².